The topological polar surface area (TPSA) is 6.48 Å². The lowest BCUT2D eigenvalue weighted by Crippen LogP contribution is -2.48. The fraction of sp³-hybridized carbons (Fsp3) is 0.556. The van der Waals surface area contributed by atoms with Crippen molar-refractivity contribution in [1.82, 2.24) is 4.90 Å². The molecule has 0 N–H and O–H groups in total. The first-order chi connectivity index (χ1) is 9.54. The Morgan fingerprint density at radius 2 is 1.48 bits per heavy atom. The molecular weight excluding hydrogens is 275 g/mol. The van der Waals surface area contributed by atoms with Crippen LogP contribution in [-0.2, 0) is 0 Å². The van der Waals surface area contributed by atoms with Crippen molar-refractivity contribution in [2.45, 2.75) is 53.7 Å². The number of benzene rings is 1. The van der Waals surface area contributed by atoms with Crippen LogP contribution in [0.15, 0.2) is 24.5 Å². The first kappa shape index (κ1) is 16.4. The van der Waals surface area contributed by atoms with E-state index in [0.29, 0.717) is 0 Å². The molecule has 1 aromatic carbocycles. The largest absolute Gasteiger partial charge is 0.349 e. The molecule has 3 heteroatoms. The summed E-state index contributed by atoms with van der Waals surface area (Å²) in [7, 11) is 3.04. The maximum absolute atomic E-state index is 3.04. The molecule has 1 aliphatic rings. The number of anilines is 1. The Morgan fingerprint density at radius 3 is 1.95 bits per heavy atom. The standard InChI is InChI=1S/C18H29N2P/c1-13-10-14(2)16(15(3)11-13)19-8-9-20(12-19)18(7,21)17(4,5)6/h8-11H,12,21H2,1-7H3. The fourth-order valence-corrected chi connectivity index (χ4v) is 3.09. The van der Waals surface area contributed by atoms with Gasteiger partial charge in [-0.15, -0.1) is 9.24 Å². The molecule has 116 valence electrons. The second kappa shape index (κ2) is 5.32. The third-order valence-electron chi connectivity index (χ3n) is 4.77. The van der Waals surface area contributed by atoms with E-state index in [-0.39, 0.29) is 10.7 Å². The Morgan fingerprint density at radius 1 is 0.952 bits per heavy atom. The second-order valence-corrected chi connectivity index (χ2v) is 8.65. The summed E-state index contributed by atoms with van der Waals surface area (Å²) in [5.74, 6) is 0. The highest BCUT2D eigenvalue weighted by molar-refractivity contribution is 7.18. The van der Waals surface area contributed by atoms with Crippen molar-refractivity contribution in [2.75, 3.05) is 11.6 Å². The van der Waals surface area contributed by atoms with Gasteiger partial charge in [0.2, 0.25) is 0 Å². The quantitative estimate of drug-likeness (QED) is 0.724. The maximum atomic E-state index is 3.04. The summed E-state index contributed by atoms with van der Waals surface area (Å²) in [5.41, 5.74) is 5.56. The third kappa shape index (κ3) is 2.97. The van der Waals surface area contributed by atoms with Crippen LogP contribution in [0, 0.1) is 26.2 Å². The van der Waals surface area contributed by atoms with E-state index < -0.39 is 0 Å². The molecule has 0 aromatic heterocycles. The lowest BCUT2D eigenvalue weighted by Gasteiger charge is -2.46. The normalized spacial score (nSPS) is 18.3. The van der Waals surface area contributed by atoms with E-state index in [1.54, 1.807) is 0 Å². The van der Waals surface area contributed by atoms with Crippen molar-refractivity contribution in [3.63, 3.8) is 0 Å². The van der Waals surface area contributed by atoms with Gasteiger partial charge in [0.15, 0.2) is 0 Å². The maximum Gasteiger partial charge on any atom is 0.0950 e. The van der Waals surface area contributed by atoms with Crippen LogP contribution in [0.5, 0.6) is 0 Å². The number of nitrogens with zero attached hydrogens (tertiary/aromatic N) is 2. The van der Waals surface area contributed by atoms with E-state index >= 15 is 0 Å². The summed E-state index contributed by atoms with van der Waals surface area (Å²) in [6.07, 6.45) is 4.43. The molecule has 0 aliphatic carbocycles. The molecule has 0 bridgehead atoms. The van der Waals surface area contributed by atoms with Crippen molar-refractivity contribution in [3.05, 3.63) is 41.2 Å². The average Bonchev–Trinajstić information content (AvgIpc) is 2.75. The van der Waals surface area contributed by atoms with Crippen LogP contribution in [0.4, 0.5) is 5.69 Å². The summed E-state index contributed by atoms with van der Waals surface area (Å²) in [6.45, 7) is 16.6. The van der Waals surface area contributed by atoms with Crippen LogP contribution >= 0.6 is 9.24 Å². The molecule has 1 heterocycles. The highest BCUT2D eigenvalue weighted by Gasteiger charge is 2.39. The minimum atomic E-state index is 0.0325. The molecule has 2 rings (SSSR count). The molecule has 1 aromatic rings. The third-order valence-corrected chi connectivity index (χ3v) is 5.97. The number of aryl methyl sites for hydroxylation is 3. The predicted molar refractivity (Wildman–Crippen MR) is 96.5 cm³/mol. The molecule has 0 amide bonds. The van der Waals surface area contributed by atoms with Gasteiger partial charge in [0, 0.05) is 18.1 Å². The van der Waals surface area contributed by atoms with E-state index in [2.05, 4.69) is 92.0 Å². The van der Waals surface area contributed by atoms with Gasteiger partial charge < -0.3 is 9.80 Å². The minimum absolute atomic E-state index is 0.0325. The lowest BCUT2D eigenvalue weighted by atomic mass is 9.86. The minimum Gasteiger partial charge on any atom is -0.349 e. The van der Waals surface area contributed by atoms with E-state index in [4.69, 9.17) is 0 Å². The average molecular weight is 304 g/mol. The Labute approximate surface area is 132 Å². The van der Waals surface area contributed by atoms with Crippen molar-refractivity contribution in [1.29, 1.82) is 0 Å². The van der Waals surface area contributed by atoms with E-state index in [1.807, 2.05) is 0 Å². The number of hydrogen-bond acceptors (Lipinski definition) is 2. The molecule has 0 saturated carbocycles. The molecule has 0 spiro atoms. The molecular formula is C18H29N2P. The zero-order chi connectivity index (χ0) is 16.0. The molecule has 0 fully saturated rings. The van der Waals surface area contributed by atoms with Crippen LogP contribution in [0.25, 0.3) is 0 Å². The van der Waals surface area contributed by atoms with Crippen LogP contribution in [-0.4, -0.2) is 16.8 Å². The van der Waals surface area contributed by atoms with Crippen LogP contribution in [0.2, 0.25) is 0 Å². The van der Waals surface area contributed by atoms with Gasteiger partial charge in [0.05, 0.1) is 11.9 Å². The van der Waals surface area contributed by atoms with Gasteiger partial charge >= 0.3 is 0 Å². The van der Waals surface area contributed by atoms with E-state index in [1.165, 1.54) is 22.4 Å². The zero-order valence-corrected chi connectivity index (χ0v) is 15.6. The van der Waals surface area contributed by atoms with Crippen LogP contribution in [0.1, 0.15) is 44.4 Å². The summed E-state index contributed by atoms with van der Waals surface area (Å²) >= 11 is 0. The van der Waals surface area contributed by atoms with Crippen LogP contribution in [0.3, 0.4) is 0 Å². The van der Waals surface area contributed by atoms with Gasteiger partial charge in [0.1, 0.15) is 0 Å². The van der Waals surface area contributed by atoms with Gasteiger partial charge in [0.25, 0.3) is 0 Å². The SMILES string of the molecule is Cc1cc(C)c(N2C=CN(C(C)(P)C(C)(C)C)C2)c(C)c1. The molecule has 0 radical (unpaired) electrons. The highest BCUT2D eigenvalue weighted by Crippen LogP contribution is 2.43. The summed E-state index contributed by atoms with van der Waals surface area (Å²) in [6, 6.07) is 4.53. The van der Waals surface area contributed by atoms with Crippen LogP contribution < -0.4 is 4.90 Å². The van der Waals surface area contributed by atoms with Gasteiger partial charge in [-0.25, -0.2) is 0 Å². The Kier molecular flexibility index (Phi) is 4.14. The second-order valence-electron chi connectivity index (χ2n) is 7.52. The van der Waals surface area contributed by atoms with Gasteiger partial charge in [-0.2, -0.15) is 0 Å². The Bertz CT molecular complexity index is 544. The number of hydrogen-bond donors (Lipinski definition) is 0. The number of rotatable bonds is 2. The Balaban J connectivity index is 2.28. The van der Waals surface area contributed by atoms with E-state index in [9.17, 15) is 0 Å². The highest BCUT2D eigenvalue weighted by atomic mass is 31.0. The lowest BCUT2D eigenvalue weighted by molar-refractivity contribution is 0.138. The van der Waals surface area contributed by atoms with Gasteiger partial charge in [-0.05, 0) is 44.2 Å². The van der Waals surface area contributed by atoms with Crippen molar-refractivity contribution in [3.8, 4) is 0 Å². The van der Waals surface area contributed by atoms with E-state index in [0.717, 1.165) is 6.67 Å². The first-order valence-electron chi connectivity index (χ1n) is 7.62. The molecule has 1 aliphatic heterocycles. The monoisotopic (exact) mass is 304 g/mol. The molecule has 2 unspecified atom stereocenters. The Hall–Kier alpha value is -1.01. The summed E-state index contributed by atoms with van der Waals surface area (Å²) in [5, 5.41) is 0.0325. The summed E-state index contributed by atoms with van der Waals surface area (Å²) in [4.78, 5) is 4.77. The van der Waals surface area contributed by atoms with Crippen molar-refractivity contribution in [2.24, 2.45) is 5.41 Å². The smallest absolute Gasteiger partial charge is 0.0950 e. The fourth-order valence-electron chi connectivity index (χ4n) is 2.92. The predicted octanol–water partition coefficient (Wildman–Crippen LogP) is 4.80. The van der Waals surface area contributed by atoms with Gasteiger partial charge in [-0.1, -0.05) is 38.5 Å². The molecule has 2 nitrogen and oxygen atoms in total. The zero-order valence-electron chi connectivity index (χ0n) is 14.5. The molecule has 0 saturated heterocycles. The first-order valence-corrected chi connectivity index (χ1v) is 8.20. The molecule has 2 atom stereocenters. The summed E-state index contributed by atoms with van der Waals surface area (Å²) < 4.78 is 0. The van der Waals surface area contributed by atoms with Crippen molar-refractivity contribution < 1.29 is 0 Å². The van der Waals surface area contributed by atoms with Gasteiger partial charge in [-0.3, -0.25) is 0 Å². The van der Waals surface area contributed by atoms with Crippen molar-refractivity contribution >= 4 is 14.9 Å². The molecule has 21 heavy (non-hydrogen) atoms.